The first-order chi connectivity index (χ1) is 9.97. The molecule has 1 aromatic carbocycles. The molecule has 1 atom stereocenters. The van der Waals surface area contributed by atoms with Gasteiger partial charge in [0.15, 0.2) is 0 Å². The molecule has 1 heterocycles. The molecule has 21 heavy (non-hydrogen) atoms. The molecule has 0 aliphatic carbocycles. The van der Waals surface area contributed by atoms with Crippen LogP contribution in [0.1, 0.15) is 34.5 Å². The lowest BCUT2D eigenvalue weighted by molar-refractivity contribution is -0.137. The van der Waals surface area contributed by atoms with Crippen molar-refractivity contribution in [2.24, 2.45) is 0 Å². The van der Waals surface area contributed by atoms with Gasteiger partial charge in [-0.05, 0) is 35.1 Å². The maximum Gasteiger partial charge on any atom is 0.303 e. The fraction of sp³-hybridized carbons (Fsp3) is 0.200. The topological polar surface area (TPSA) is 66.4 Å². The Labute approximate surface area is 131 Å². The lowest BCUT2D eigenvalue weighted by Gasteiger charge is -2.10. The van der Waals surface area contributed by atoms with Gasteiger partial charge >= 0.3 is 5.97 Å². The van der Waals surface area contributed by atoms with E-state index < -0.39 is 5.97 Å². The highest BCUT2D eigenvalue weighted by Gasteiger charge is 2.13. The van der Waals surface area contributed by atoms with Crippen LogP contribution in [0.2, 0.25) is 5.02 Å². The number of aliphatic carboxylic acids is 1. The van der Waals surface area contributed by atoms with Crippen molar-refractivity contribution < 1.29 is 14.7 Å². The Morgan fingerprint density at radius 1 is 1.29 bits per heavy atom. The average molecular weight is 324 g/mol. The van der Waals surface area contributed by atoms with Gasteiger partial charge in [0.25, 0.3) is 5.91 Å². The summed E-state index contributed by atoms with van der Waals surface area (Å²) >= 11 is 7.19. The fourth-order valence-electron chi connectivity index (χ4n) is 1.92. The first kappa shape index (κ1) is 15.5. The molecule has 0 bridgehead atoms. The van der Waals surface area contributed by atoms with Crippen LogP contribution in [0.3, 0.4) is 0 Å². The molecule has 0 aliphatic heterocycles. The number of rotatable bonds is 5. The molecular formula is C15H14ClNO3S. The summed E-state index contributed by atoms with van der Waals surface area (Å²) in [4.78, 5) is 23.2. The van der Waals surface area contributed by atoms with Crippen LogP contribution < -0.4 is 5.32 Å². The van der Waals surface area contributed by atoms with Crippen LogP contribution in [0.25, 0.3) is 0 Å². The van der Waals surface area contributed by atoms with Crippen molar-refractivity contribution in [3.8, 4) is 0 Å². The SMILES string of the molecule is CC(CC(=O)O)c1ccc(NC(=O)c2sccc2Cl)cc1. The van der Waals surface area contributed by atoms with E-state index >= 15 is 0 Å². The number of carbonyl (C=O) groups is 2. The van der Waals surface area contributed by atoms with Crippen LogP contribution in [0, 0.1) is 0 Å². The lowest BCUT2D eigenvalue weighted by atomic mass is 9.98. The fourth-order valence-corrected chi connectivity index (χ4v) is 2.95. The Morgan fingerprint density at radius 2 is 1.95 bits per heavy atom. The van der Waals surface area contributed by atoms with Crippen molar-refractivity contribution in [3.63, 3.8) is 0 Å². The Kier molecular flexibility index (Phi) is 4.98. The normalized spacial score (nSPS) is 11.9. The molecular weight excluding hydrogens is 310 g/mol. The zero-order valence-electron chi connectivity index (χ0n) is 11.3. The quantitative estimate of drug-likeness (QED) is 0.865. The van der Waals surface area contributed by atoms with E-state index in [0.29, 0.717) is 15.6 Å². The van der Waals surface area contributed by atoms with Gasteiger partial charge in [0.05, 0.1) is 11.4 Å². The molecule has 1 amide bonds. The van der Waals surface area contributed by atoms with Gasteiger partial charge in [-0.25, -0.2) is 0 Å². The van der Waals surface area contributed by atoms with E-state index in [4.69, 9.17) is 16.7 Å². The molecule has 2 N–H and O–H groups in total. The molecule has 0 spiro atoms. The summed E-state index contributed by atoms with van der Waals surface area (Å²) in [5.41, 5.74) is 1.57. The molecule has 0 fully saturated rings. The second kappa shape index (κ2) is 6.74. The Hall–Kier alpha value is -1.85. The van der Waals surface area contributed by atoms with Gasteiger partial charge in [0.2, 0.25) is 0 Å². The number of anilines is 1. The van der Waals surface area contributed by atoms with E-state index in [0.717, 1.165) is 5.56 Å². The van der Waals surface area contributed by atoms with Crippen molar-refractivity contribution in [2.75, 3.05) is 5.32 Å². The first-order valence-corrected chi connectivity index (χ1v) is 7.59. The van der Waals surface area contributed by atoms with Crippen molar-refractivity contribution in [3.05, 3.63) is 51.2 Å². The Morgan fingerprint density at radius 3 is 2.48 bits per heavy atom. The van der Waals surface area contributed by atoms with Crippen molar-refractivity contribution in [1.82, 2.24) is 0 Å². The van der Waals surface area contributed by atoms with Gasteiger partial charge in [0, 0.05) is 5.69 Å². The summed E-state index contributed by atoms with van der Waals surface area (Å²) in [7, 11) is 0. The molecule has 4 nitrogen and oxygen atoms in total. The standard InChI is InChI=1S/C15H14ClNO3S/c1-9(8-13(18)19)10-2-4-11(5-3-10)17-15(20)14-12(16)6-7-21-14/h2-7,9H,8H2,1H3,(H,17,20)(H,18,19). The van der Waals surface area contributed by atoms with Crippen LogP contribution >= 0.6 is 22.9 Å². The number of hydrogen-bond acceptors (Lipinski definition) is 3. The summed E-state index contributed by atoms with van der Waals surface area (Å²) < 4.78 is 0. The molecule has 2 rings (SSSR count). The predicted molar refractivity (Wildman–Crippen MR) is 84.4 cm³/mol. The number of carboxylic acids is 1. The zero-order chi connectivity index (χ0) is 15.4. The molecule has 1 unspecified atom stereocenters. The summed E-state index contributed by atoms with van der Waals surface area (Å²) in [6.07, 6.45) is 0.0799. The van der Waals surface area contributed by atoms with Gasteiger partial charge in [-0.15, -0.1) is 11.3 Å². The second-order valence-electron chi connectivity index (χ2n) is 4.67. The summed E-state index contributed by atoms with van der Waals surface area (Å²) in [5.74, 6) is -1.15. The molecule has 1 aromatic heterocycles. The van der Waals surface area contributed by atoms with Crippen molar-refractivity contribution in [2.45, 2.75) is 19.3 Å². The molecule has 0 saturated heterocycles. The van der Waals surface area contributed by atoms with Gasteiger partial charge < -0.3 is 10.4 Å². The lowest BCUT2D eigenvalue weighted by Crippen LogP contribution is -2.10. The van der Waals surface area contributed by atoms with Crippen LogP contribution in [-0.4, -0.2) is 17.0 Å². The van der Waals surface area contributed by atoms with Gasteiger partial charge in [-0.3, -0.25) is 9.59 Å². The third kappa shape index (κ3) is 4.06. The van der Waals surface area contributed by atoms with E-state index in [2.05, 4.69) is 5.32 Å². The summed E-state index contributed by atoms with van der Waals surface area (Å²) in [6, 6.07) is 8.83. The molecule has 6 heteroatoms. The molecule has 0 aliphatic rings. The number of nitrogens with one attached hydrogen (secondary N) is 1. The molecule has 110 valence electrons. The predicted octanol–water partition coefficient (Wildman–Crippen LogP) is 4.23. The van der Waals surface area contributed by atoms with Crippen LogP contribution in [0.4, 0.5) is 5.69 Å². The van der Waals surface area contributed by atoms with Crippen molar-refractivity contribution >= 4 is 40.5 Å². The van der Waals surface area contributed by atoms with Gasteiger partial charge in [-0.1, -0.05) is 30.7 Å². The number of carbonyl (C=O) groups excluding carboxylic acids is 1. The summed E-state index contributed by atoms with van der Waals surface area (Å²) in [5, 5.41) is 13.7. The zero-order valence-corrected chi connectivity index (χ0v) is 12.9. The third-order valence-corrected chi connectivity index (χ3v) is 4.38. The van der Waals surface area contributed by atoms with E-state index in [-0.39, 0.29) is 18.2 Å². The number of amides is 1. The minimum Gasteiger partial charge on any atom is -0.481 e. The van der Waals surface area contributed by atoms with Crippen LogP contribution in [0.5, 0.6) is 0 Å². The minimum absolute atomic E-state index is 0.0704. The number of thiophene rings is 1. The van der Waals surface area contributed by atoms with Crippen molar-refractivity contribution in [1.29, 1.82) is 0 Å². The van der Waals surface area contributed by atoms with Crippen LogP contribution in [-0.2, 0) is 4.79 Å². The van der Waals surface area contributed by atoms with E-state index in [9.17, 15) is 9.59 Å². The minimum atomic E-state index is -0.827. The Bertz CT molecular complexity index is 651. The van der Waals surface area contributed by atoms with Gasteiger partial charge in [0.1, 0.15) is 4.88 Å². The Balaban J connectivity index is 2.04. The number of halogens is 1. The smallest absolute Gasteiger partial charge is 0.303 e. The number of carboxylic acid groups (broad SMARTS) is 1. The second-order valence-corrected chi connectivity index (χ2v) is 6.00. The van der Waals surface area contributed by atoms with Gasteiger partial charge in [-0.2, -0.15) is 0 Å². The monoisotopic (exact) mass is 323 g/mol. The third-order valence-electron chi connectivity index (χ3n) is 3.04. The van der Waals surface area contributed by atoms with E-state index in [1.807, 2.05) is 19.1 Å². The molecule has 0 radical (unpaired) electrons. The highest BCUT2D eigenvalue weighted by molar-refractivity contribution is 7.12. The average Bonchev–Trinajstić information content (AvgIpc) is 2.85. The van der Waals surface area contributed by atoms with E-state index in [1.54, 1.807) is 23.6 Å². The molecule has 2 aromatic rings. The summed E-state index contributed by atoms with van der Waals surface area (Å²) in [6.45, 7) is 1.85. The van der Waals surface area contributed by atoms with E-state index in [1.165, 1.54) is 11.3 Å². The molecule has 0 saturated carbocycles. The maximum absolute atomic E-state index is 12.0. The van der Waals surface area contributed by atoms with Crippen LogP contribution in [0.15, 0.2) is 35.7 Å². The maximum atomic E-state index is 12.0. The highest BCUT2D eigenvalue weighted by Crippen LogP contribution is 2.24. The number of hydrogen-bond donors (Lipinski definition) is 2. The number of benzene rings is 1. The highest BCUT2D eigenvalue weighted by atomic mass is 35.5. The largest absolute Gasteiger partial charge is 0.481 e. The first-order valence-electron chi connectivity index (χ1n) is 6.33.